The Hall–Kier alpha value is -1.00. The van der Waals surface area contributed by atoms with Gasteiger partial charge in [0, 0.05) is 31.7 Å². The number of halogens is 2. The van der Waals surface area contributed by atoms with Gasteiger partial charge in [-0.05, 0) is 18.1 Å². The molecule has 2 N–H and O–H groups in total. The normalized spacial score (nSPS) is 21.6. The van der Waals surface area contributed by atoms with Gasteiger partial charge in [0.15, 0.2) is 0 Å². The molecular weight excluding hydrogens is 198 g/mol. The molecule has 0 bridgehead atoms. The summed E-state index contributed by atoms with van der Waals surface area (Å²) in [6.07, 6.45) is 0.596. The molecule has 0 saturated carbocycles. The minimum absolute atomic E-state index is 0.235. The molecule has 15 heavy (non-hydrogen) atoms. The smallest absolute Gasteiger partial charge is 0.129 e. The standard InChI is InChI=1S/C11H14F2N2/c12-9-2-1-8(11(13)6-9)5-10-7-14-3-4-15-10/h1-2,6,10,14-15H,3-5,7H2. The molecular formula is C11H14F2N2. The van der Waals surface area contributed by atoms with Gasteiger partial charge in [0.25, 0.3) is 0 Å². The Morgan fingerprint density at radius 1 is 1.27 bits per heavy atom. The first-order valence-corrected chi connectivity index (χ1v) is 5.14. The zero-order valence-corrected chi connectivity index (χ0v) is 8.39. The van der Waals surface area contributed by atoms with Crippen LogP contribution in [-0.2, 0) is 6.42 Å². The van der Waals surface area contributed by atoms with Crippen molar-refractivity contribution in [3.63, 3.8) is 0 Å². The van der Waals surface area contributed by atoms with Crippen LogP contribution in [0.5, 0.6) is 0 Å². The molecule has 0 radical (unpaired) electrons. The van der Waals surface area contributed by atoms with Gasteiger partial charge in [-0.3, -0.25) is 0 Å². The molecule has 1 saturated heterocycles. The monoisotopic (exact) mass is 212 g/mol. The van der Waals surface area contributed by atoms with Gasteiger partial charge in [-0.1, -0.05) is 6.07 Å². The van der Waals surface area contributed by atoms with E-state index >= 15 is 0 Å². The van der Waals surface area contributed by atoms with Crippen LogP contribution < -0.4 is 10.6 Å². The van der Waals surface area contributed by atoms with E-state index in [1.54, 1.807) is 0 Å². The Labute approximate surface area is 87.7 Å². The van der Waals surface area contributed by atoms with Crippen LogP contribution >= 0.6 is 0 Å². The maximum Gasteiger partial charge on any atom is 0.129 e. The SMILES string of the molecule is Fc1ccc(CC2CNCCN2)c(F)c1. The summed E-state index contributed by atoms with van der Waals surface area (Å²) in [5.74, 6) is -0.978. The first-order valence-electron chi connectivity index (χ1n) is 5.14. The van der Waals surface area contributed by atoms with Crippen LogP contribution in [0.3, 0.4) is 0 Å². The summed E-state index contributed by atoms with van der Waals surface area (Å²) in [7, 11) is 0. The van der Waals surface area contributed by atoms with Gasteiger partial charge in [0.05, 0.1) is 0 Å². The molecule has 1 unspecified atom stereocenters. The highest BCUT2D eigenvalue weighted by Crippen LogP contribution is 2.11. The number of hydrogen-bond donors (Lipinski definition) is 2. The third-order valence-corrected chi connectivity index (χ3v) is 2.61. The van der Waals surface area contributed by atoms with E-state index in [2.05, 4.69) is 10.6 Å². The second-order valence-electron chi connectivity index (χ2n) is 3.80. The van der Waals surface area contributed by atoms with Crippen LogP contribution in [0.2, 0.25) is 0 Å². The summed E-state index contributed by atoms with van der Waals surface area (Å²) in [6.45, 7) is 2.67. The summed E-state index contributed by atoms with van der Waals surface area (Å²) < 4.78 is 26.0. The van der Waals surface area contributed by atoms with Gasteiger partial charge in [-0.2, -0.15) is 0 Å². The fourth-order valence-corrected chi connectivity index (χ4v) is 1.81. The van der Waals surface area contributed by atoms with Gasteiger partial charge >= 0.3 is 0 Å². The lowest BCUT2D eigenvalue weighted by Crippen LogP contribution is -2.49. The van der Waals surface area contributed by atoms with Gasteiger partial charge in [-0.25, -0.2) is 8.78 Å². The van der Waals surface area contributed by atoms with Gasteiger partial charge in [0.1, 0.15) is 11.6 Å². The average molecular weight is 212 g/mol. The van der Waals surface area contributed by atoms with Crippen molar-refractivity contribution in [2.24, 2.45) is 0 Å². The van der Waals surface area contributed by atoms with Crippen molar-refractivity contribution in [3.8, 4) is 0 Å². The average Bonchev–Trinajstić information content (AvgIpc) is 2.24. The molecule has 1 aromatic rings. The molecule has 1 aliphatic heterocycles. The third kappa shape index (κ3) is 2.73. The predicted octanol–water partition coefficient (Wildman–Crippen LogP) is 1.07. The first-order chi connectivity index (χ1) is 7.25. The van der Waals surface area contributed by atoms with Crippen molar-refractivity contribution >= 4 is 0 Å². The van der Waals surface area contributed by atoms with Crippen LogP contribution in [0, 0.1) is 11.6 Å². The largest absolute Gasteiger partial charge is 0.314 e. The molecule has 2 nitrogen and oxygen atoms in total. The molecule has 1 atom stereocenters. The van der Waals surface area contributed by atoms with E-state index in [4.69, 9.17) is 0 Å². The molecule has 82 valence electrons. The van der Waals surface area contributed by atoms with Crippen LogP contribution in [-0.4, -0.2) is 25.7 Å². The molecule has 0 aliphatic carbocycles. The molecule has 2 rings (SSSR count). The van der Waals surface area contributed by atoms with E-state index in [-0.39, 0.29) is 6.04 Å². The second-order valence-corrected chi connectivity index (χ2v) is 3.80. The Morgan fingerprint density at radius 2 is 2.13 bits per heavy atom. The number of rotatable bonds is 2. The van der Waals surface area contributed by atoms with Crippen molar-refractivity contribution in [2.75, 3.05) is 19.6 Å². The van der Waals surface area contributed by atoms with E-state index < -0.39 is 11.6 Å². The Morgan fingerprint density at radius 3 is 2.80 bits per heavy atom. The van der Waals surface area contributed by atoms with Gasteiger partial charge in [-0.15, -0.1) is 0 Å². The maximum atomic E-state index is 13.3. The fourth-order valence-electron chi connectivity index (χ4n) is 1.81. The summed E-state index contributed by atoms with van der Waals surface area (Å²) >= 11 is 0. The zero-order chi connectivity index (χ0) is 10.7. The topological polar surface area (TPSA) is 24.1 Å². The van der Waals surface area contributed by atoms with Crippen molar-refractivity contribution < 1.29 is 8.78 Å². The van der Waals surface area contributed by atoms with Crippen molar-refractivity contribution in [1.29, 1.82) is 0 Å². The van der Waals surface area contributed by atoms with E-state index in [0.29, 0.717) is 12.0 Å². The Balaban J connectivity index is 2.03. The number of hydrogen-bond acceptors (Lipinski definition) is 2. The number of piperazine rings is 1. The van der Waals surface area contributed by atoms with Gasteiger partial charge < -0.3 is 10.6 Å². The quantitative estimate of drug-likeness (QED) is 0.766. The molecule has 0 spiro atoms. The maximum absolute atomic E-state index is 13.3. The van der Waals surface area contributed by atoms with Crippen molar-refractivity contribution in [2.45, 2.75) is 12.5 Å². The number of benzene rings is 1. The third-order valence-electron chi connectivity index (χ3n) is 2.61. The minimum atomic E-state index is -0.522. The highest BCUT2D eigenvalue weighted by Gasteiger charge is 2.14. The highest BCUT2D eigenvalue weighted by atomic mass is 19.1. The molecule has 1 aromatic carbocycles. The lowest BCUT2D eigenvalue weighted by molar-refractivity contribution is 0.411. The van der Waals surface area contributed by atoms with E-state index in [1.165, 1.54) is 12.1 Å². The predicted molar refractivity (Wildman–Crippen MR) is 54.7 cm³/mol. The summed E-state index contributed by atoms with van der Waals surface area (Å²) in [6, 6.07) is 3.99. The molecule has 4 heteroatoms. The summed E-state index contributed by atoms with van der Waals surface area (Å²) in [4.78, 5) is 0. The van der Waals surface area contributed by atoms with Crippen LogP contribution in [0.4, 0.5) is 8.78 Å². The molecule has 1 aliphatic rings. The second kappa shape index (κ2) is 4.68. The van der Waals surface area contributed by atoms with Crippen molar-refractivity contribution in [1.82, 2.24) is 10.6 Å². The molecule has 1 fully saturated rings. The Bertz CT molecular complexity index is 335. The van der Waals surface area contributed by atoms with E-state index in [1.807, 2.05) is 0 Å². The van der Waals surface area contributed by atoms with Gasteiger partial charge in [0.2, 0.25) is 0 Å². The lowest BCUT2D eigenvalue weighted by Gasteiger charge is -2.24. The molecule has 0 amide bonds. The molecule has 1 heterocycles. The fraction of sp³-hybridized carbons (Fsp3) is 0.455. The van der Waals surface area contributed by atoms with Crippen LogP contribution in [0.15, 0.2) is 18.2 Å². The van der Waals surface area contributed by atoms with E-state index in [9.17, 15) is 8.78 Å². The molecule has 0 aromatic heterocycles. The first kappa shape index (κ1) is 10.5. The van der Waals surface area contributed by atoms with Crippen molar-refractivity contribution in [3.05, 3.63) is 35.4 Å². The number of nitrogens with one attached hydrogen (secondary N) is 2. The zero-order valence-electron chi connectivity index (χ0n) is 8.39. The summed E-state index contributed by atoms with van der Waals surface area (Å²) in [5.41, 5.74) is 0.567. The highest BCUT2D eigenvalue weighted by molar-refractivity contribution is 5.19. The van der Waals surface area contributed by atoms with Crippen LogP contribution in [0.1, 0.15) is 5.56 Å². The van der Waals surface area contributed by atoms with Crippen LogP contribution in [0.25, 0.3) is 0 Å². The summed E-state index contributed by atoms with van der Waals surface area (Å²) in [5, 5.41) is 6.51. The minimum Gasteiger partial charge on any atom is -0.314 e. The lowest BCUT2D eigenvalue weighted by atomic mass is 10.0. The Kier molecular flexibility index (Phi) is 3.28. The van der Waals surface area contributed by atoms with E-state index in [0.717, 1.165) is 25.7 Å².